The van der Waals surface area contributed by atoms with E-state index < -0.39 is 21.1 Å². The van der Waals surface area contributed by atoms with Gasteiger partial charge >= 0.3 is 6.09 Å². The van der Waals surface area contributed by atoms with Crippen LogP contribution in [-0.4, -0.2) is 42.5 Å². The summed E-state index contributed by atoms with van der Waals surface area (Å²) in [5.74, 6) is 0. The summed E-state index contributed by atoms with van der Waals surface area (Å²) in [6, 6.07) is 0. The molecule has 72 valence electrons. The molecule has 5 nitrogen and oxygen atoms in total. The van der Waals surface area contributed by atoms with Gasteiger partial charge < -0.3 is 14.2 Å². The molecule has 12 heavy (non-hydrogen) atoms. The lowest BCUT2D eigenvalue weighted by atomic mass is 10.9. The lowest BCUT2D eigenvalue weighted by molar-refractivity contribution is -0.159. The first-order chi connectivity index (χ1) is 5.64. The Labute approximate surface area is 74.2 Å². The Balaban J connectivity index is 4.19. The molecule has 0 unspecified atom stereocenters. The Kier molecular flexibility index (Phi) is 4.87. The summed E-state index contributed by atoms with van der Waals surface area (Å²) in [6.45, 7) is 1.96. The fourth-order valence-corrected chi connectivity index (χ4v) is 1.67. The molecule has 0 aromatic heterocycles. The van der Waals surface area contributed by atoms with Gasteiger partial charge in [0.1, 0.15) is 9.52 Å². The van der Waals surface area contributed by atoms with E-state index in [1.165, 1.54) is 21.3 Å². The third kappa shape index (κ3) is 2.80. The van der Waals surface area contributed by atoms with Crippen molar-refractivity contribution in [2.45, 2.75) is 12.1 Å². The highest BCUT2D eigenvalue weighted by molar-refractivity contribution is 6.37. The van der Waals surface area contributed by atoms with Gasteiger partial charge in [-0.25, -0.2) is 4.79 Å². The molecule has 0 fully saturated rings. The third-order valence-corrected chi connectivity index (χ3v) is 3.29. The van der Waals surface area contributed by atoms with Crippen LogP contribution in [0.1, 0.15) is 0 Å². The molecule has 0 atom stereocenters. The average Bonchev–Trinajstić information content (AvgIpc) is 2.14. The predicted octanol–water partition coefficient (Wildman–Crippen LogP) is -0.537. The Morgan fingerprint density at radius 3 is 2.08 bits per heavy atom. The van der Waals surface area contributed by atoms with Crippen LogP contribution < -0.4 is 5.32 Å². The zero-order chi connectivity index (χ0) is 9.61. The number of ether oxygens (including phenoxy) is 3. The SMILES string of the molecule is COC(=O)NC(OC)(OC)[SiH2]C. The van der Waals surface area contributed by atoms with Gasteiger partial charge in [-0.2, -0.15) is 0 Å². The van der Waals surface area contributed by atoms with Crippen molar-refractivity contribution < 1.29 is 19.0 Å². The van der Waals surface area contributed by atoms with E-state index in [-0.39, 0.29) is 0 Å². The Morgan fingerprint density at radius 2 is 1.83 bits per heavy atom. The fraction of sp³-hybridized carbons (Fsp3) is 0.833. The molecule has 0 aliphatic carbocycles. The van der Waals surface area contributed by atoms with Crippen molar-refractivity contribution in [3.63, 3.8) is 0 Å². The fourth-order valence-electron chi connectivity index (χ4n) is 0.769. The first-order valence-electron chi connectivity index (χ1n) is 3.60. The molecule has 0 radical (unpaired) electrons. The molecule has 0 saturated carbocycles. The quantitative estimate of drug-likeness (QED) is 0.481. The Hall–Kier alpha value is -0.593. The first-order valence-corrected chi connectivity index (χ1v) is 5.72. The van der Waals surface area contributed by atoms with E-state index in [0.29, 0.717) is 0 Å². The first kappa shape index (κ1) is 11.4. The van der Waals surface area contributed by atoms with Crippen LogP contribution in [0.5, 0.6) is 0 Å². The second-order valence-corrected chi connectivity index (χ2v) is 3.77. The van der Waals surface area contributed by atoms with Crippen LogP contribution in [-0.2, 0) is 14.2 Å². The van der Waals surface area contributed by atoms with Gasteiger partial charge in [-0.1, -0.05) is 6.55 Å². The normalized spacial score (nSPS) is 12.0. The van der Waals surface area contributed by atoms with Crippen molar-refractivity contribution in [3.8, 4) is 0 Å². The molecule has 0 aliphatic rings. The number of alkyl carbamates (subject to hydrolysis) is 1. The summed E-state index contributed by atoms with van der Waals surface area (Å²) >= 11 is 0. The maximum absolute atomic E-state index is 10.8. The summed E-state index contributed by atoms with van der Waals surface area (Å²) in [5.41, 5.74) is -0.937. The molecule has 0 spiro atoms. The van der Waals surface area contributed by atoms with Crippen LogP contribution in [0.15, 0.2) is 0 Å². The molecular formula is C6H15NO4Si. The van der Waals surface area contributed by atoms with Crippen molar-refractivity contribution in [3.05, 3.63) is 0 Å². The highest BCUT2D eigenvalue weighted by Gasteiger charge is 2.29. The maximum Gasteiger partial charge on any atom is 0.410 e. The van der Waals surface area contributed by atoms with Crippen LogP contribution >= 0.6 is 0 Å². The average molecular weight is 193 g/mol. The van der Waals surface area contributed by atoms with Gasteiger partial charge in [-0.3, -0.25) is 5.32 Å². The number of methoxy groups -OCH3 is 3. The summed E-state index contributed by atoms with van der Waals surface area (Å²) in [5, 5.41) is 2.49. The number of rotatable bonds is 4. The van der Waals surface area contributed by atoms with Crippen LogP contribution in [0.25, 0.3) is 0 Å². The lowest BCUT2D eigenvalue weighted by Crippen LogP contribution is -2.55. The molecule has 1 amide bonds. The van der Waals surface area contributed by atoms with Crippen LogP contribution in [0.3, 0.4) is 0 Å². The van der Waals surface area contributed by atoms with Gasteiger partial charge in [0.05, 0.1) is 7.11 Å². The van der Waals surface area contributed by atoms with Gasteiger partial charge in [-0.15, -0.1) is 0 Å². The second kappa shape index (κ2) is 5.12. The minimum absolute atomic E-state index is 0.548. The van der Waals surface area contributed by atoms with Crippen molar-refractivity contribution in [1.82, 2.24) is 5.32 Å². The summed E-state index contributed by atoms with van der Waals surface area (Å²) in [7, 11) is 3.57. The van der Waals surface area contributed by atoms with Gasteiger partial charge in [-0.05, 0) is 0 Å². The van der Waals surface area contributed by atoms with Crippen molar-refractivity contribution >= 4 is 15.6 Å². The van der Waals surface area contributed by atoms with E-state index in [4.69, 9.17) is 9.47 Å². The summed E-state index contributed by atoms with van der Waals surface area (Å²) in [4.78, 5) is 10.8. The van der Waals surface area contributed by atoms with Crippen LogP contribution in [0, 0.1) is 0 Å². The topological polar surface area (TPSA) is 56.8 Å². The monoisotopic (exact) mass is 193 g/mol. The van der Waals surface area contributed by atoms with Gasteiger partial charge in [0, 0.05) is 14.2 Å². The number of hydrogen-bond donors (Lipinski definition) is 1. The smallest absolute Gasteiger partial charge is 0.410 e. The molecule has 6 heteroatoms. The van der Waals surface area contributed by atoms with E-state index in [2.05, 4.69) is 10.1 Å². The van der Waals surface area contributed by atoms with Gasteiger partial charge in [0.2, 0.25) is 5.53 Å². The molecule has 0 aliphatic heterocycles. The lowest BCUT2D eigenvalue weighted by Gasteiger charge is -2.29. The van der Waals surface area contributed by atoms with Crippen molar-refractivity contribution in [2.75, 3.05) is 21.3 Å². The summed E-state index contributed by atoms with van der Waals surface area (Å²) < 4.78 is 14.5. The van der Waals surface area contributed by atoms with E-state index in [9.17, 15) is 4.79 Å². The van der Waals surface area contributed by atoms with E-state index in [0.717, 1.165) is 0 Å². The minimum atomic E-state index is -0.937. The standard InChI is InChI=1S/C6H15NO4Si/c1-9-5(8)7-6(10-2,11-3)12-4/h12H2,1-4H3,(H,7,8). The van der Waals surface area contributed by atoms with E-state index in [1.54, 1.807) is 0 Å². The number of nitrogens with one attached hydrogen (secondary N) is 1. The largest absolute Gasteiger partial charge is 0.453 e. The third-order valence-electron chi connectivity index (χ3n) is 1.60. The molecule has 0 saturated heterocycles. The number of hydrogen-bond acceptors (Lipinski definition) is 4. The van der Waals surface area contributed by atoms with Gasteiger partial charge in [0.25, 0.3) is 0 Å². The number of carbonyl (C=O) groups is 1. The minimum Gasteiger partial charge on any atom is -0.453 e. The van der Waals surface area contributed by atoms with E-state index in [1.807, 2.05) is 6.55 Å². The summed E-state index contributed by atoms with van der Waals surface area (Å²) in [6.07, 6.45) is -0.548. The van der Waals surface area contributed by atoms with Crippen LogP contribution in [0.2, 0.25) is 6.55 Å². The molecule has 0 aromatic rings. The van der Waals surface area contributed by atoms with Crippen LogP contribution in [0.4, 0.5) is 4.79 Å². The van der Waals surface area contributed by atoms with Crippen molar-refractivity contribution in [1.29, 1.82) is 0 Å². The number of amides is 1. The van der Waals surface area contributed by atoms with E-state index >= 15 is 0 Å². The zero-order valence-electron chi connectivity index (χ0n) is 7.84. The molecule has 1 N–H and O–H groups in total. The molecular weight excluding hydrogens is 178 g/mol. The Bertz CT molecular complexity index is 140. The number of carbonyl (C=O) groups excluding carboxylic acids is 1. The zero-order valence-corrected chi connectivity index (χ0v) is 9.25. The molecule has 0 aromatic carbocycles. The second-order valence-electron chi connectivity index (χ2n) is 2.13. The highest BCUT2D eigenvalue weighted by atomic mass is 28.2. The maximum atomic E-state index is 10.8. The highest BCUT2D eigenvalue weighted by Crippen LogP contribution is 2.04. The van der Waals surface area contributed by atoms with Gasteiger partial charge in [0.15, 0.2) is 0 Å². The Morgan fingerprint density at radius 1 is 1.33 bits per heavy atom. The molecule has 0 bridgehead atoms. The predicted molar refractivity (Wildman–Crippen MR) is 46.7 cm³/mol. The molecule has 0 rings (SSSR count). The molecule has 0 heterocycles. The van der Waals surface area contributed by atoms with Crippen molar-refractivity contribution in [2.24, 2.45) is 0 Å².